The molecule has 0 saturated heterocycles. The van der Waals surface area contributed by atoms with Crippen molar-refractivity contribution in [3.8, 4) is 0 Å². The molecule has 1 aliphatic carbocycles. The Kier molecular flexibility index (Phi) is 2.42. The maximum Gasteiger partial charge on any atom is 0.229 e. The standard InChI is InChI=1S/C15H14O4/c1-8-5-4-6-10-11(8)15(3,19-17)12-9(2)7-18-14(12)13(10)16/h4-7,17H,1-3H3/t15-/m1/s1. The second kappa shape index (κ2) is 3.79. The molecule has 1 aliphatic rings. The first-order valence-corrected chi connectivity index (χ1v) is 6.06. The highest BCUT2D eigenvalue weighted by molar-refractivity contribution is 6.11. The van der Waals surface area contributed by atoms with Gasteiger partial charge in [0, 0.05) is 16.7 Å². The lowest BCUT2D eigenvalue weighted by Crippen LogP contribution is -2.35. The molecule has 0 fully saturated rings. The van der Waals surface area contributed by atoms with Crippen LogP contribution in [0, 0.1) is 13.8 Å². The third-order valence-corrected chi connectivity index (χ3v) is 3.84. The molecule has 3 rings (SSSR count). The number of hydrogen-bond donors (Lipinski definition) is 1. The molecule has 2 aromatic rings. The average molecular weight is 258 g/mol. The van der Waals surface area contributed by atoms with Gasteiger partial charge in [0.25, 0.3) is 0 Å². The maximum atomic E-state index is 12.4. The number of benzene rings is 1. The van der Waals surface area contributed by atoms with Crippen molar-refractivity contribution in [2.45, 2.75) is 26.4 Å². The fraction of sp³-hybridized carbons (Fsp3) is 0.267. The summed E-state index contributed by atoms with van der Waals surface area (Å²) in [5.41, 5.74) is 2.41. The van der Waals surface area contributed by atoms with Crippen molar-refractivity contribution in [1.29, 1.82) is 0 Å². The van der Waals surface area contributed by atoms with Gasteiger partial charge < -0.3 is 4.42 Å². The Morgan fingerprint density at radius 1 is 1.21 bits per heavy atom. The van der Waals surface area contributed by atoms with Crippen LogP contribution in [0.4, 0.5) is 0 Å². The molecule has 0 aliphatic heterocycles. The molecule has 1 N–H and O–H groups in total. The van der Waals surface area contributed by atoms with Crippen molar-refractivity contribution < 1.29 is 19.4 Å². The molecule has 0 saturated carbocycles. The number of aryl methyl sites for hydroxylation is 2. The number of hydrogen-bond acceptors (Lipinski definition) is 4. The van der Waals surface area contributed by atoms with E-state index in [1.807, 2.05) is 26.0 Å². The van der Waals surface area contributed by atoms with E-state index in [4.69, 9.17) is 9.30 Å². The van der Waals surface area contributed by atoms with Crippen LogP contribution in [0.5, 0.6) is 0 Å². The van der Waals surface area contributed by atoms with Gasteiger partial charge >= 0.3 is 0 Å². The Hall–Kier alpha value is -1.91. The van der Waals surface area contributed by atoms with E-state index in [9.17, 15) is 10.1 Å². The minimum atomic E-state index is -1.08. The predicted molar refractivity (Wildman–Crippen MR) is 68.2 cm³/mol. The highest BCUT2D eigenvalue weighted by Crippen LogP contribution is 2.45. The summed E-state index contributed by atoms with van der Waals surface area (Å²) < 4.78 is 5.35. The van der Waals surface area contributed by atoms with Gasteiger partial charge in [0.05, 0.1) is 6.26 Å². The molecule has 0 radical (unpaired) electrons. The normalized spacial score (nSPS) is 21.2. The van der Waals surface area contributed by atoms with E-state index in [0.29, 0.717) is 16.7 Å². The van der Waals surface area contributed by atoms with Gasteiger partial charge in [-0.1, -0.05) is 18.2 Å². The molecule has 1 aromatic heterocycles. The highest BCUT2D eigenvalue weighted by atomic mass is 17.1. The van der Waals surface area contributed by atoms with Crippen LogP contribution in [0.3, 0.4) is 0 Å². The molecule has 19 heavy (non-hydrogen) atoms. The van der Waals surface area contributed by atoms with Crippen LogP contribution in [0.15, 0.2) is 28.9 Å². The van der Waals surface area contributed by atoms with Crippen molar-refractivity contribution in [3.63, 3.8) is 0 Å². The first kappa shape index (κ1) is 12.1. The third kappa shape index (κ3) is 1.38. The van der Waals surface area contributed by atoms with Crippen LogP contribution in [-0.2, 0) is 10.5 Å². The summed E-state index contributed by atoms with van der Waals surface area (Å²) in [7, 11) is 0. The molecule has 0 unspecified atom stereocenters. The predicted octanol–water partition coefficient (Wildman–Crippen LogP) is 3.19. The van der Waals surface area contributed by atoms with Crippen LogP contribution < -0.4 is 0 Å². The summed E-state index contributed by atoms with van der Waals surface area (Å²) in [5.74, 6) is 0.0727. The Labute approximate surface area is 110 Å². The molecule has 1 atom stereocenters. The molecule has 98 valence electrons. The quantitative estimate of drug-likeness (QED) is 0.630. The van der Waals surface area contributed by atoms with Crippen molar-refractivity contribution in [1.82, 2.24) is 0 Å². The van der Waals surface area contributed by atoms with Crippen LogP contribution in [0.25, 0.3) is 0 Å². The first-order chi connectivity index (χ1) is 9.00. The molecule has 0 spiro atoms. The van der Waals surface area contributed by atoms with Crippen LogP contribution >= 0.6 is 0 Å². The molecule has 4 nitrogen and oxygen atoms in total. The first-order valence-electron chi connectivity index (χ1n) is 6.06. The molecule has 1 aromatic carbocycles. The van der Waals surface area contributed by atoms with E-state index in [1.54, 1.807) is 13.0 Å². The average Bonchev–Trinajstić information content (AvgIpc) is 2.79. The summed E-state index contributed by atoms with van der Waals surface area (Å²) in [6.07, 6.45) is 1.51. The number of fused-ring (bicyclic) bond motifs is 2. The van der Waals surface area contributed by atoms with Gasteiger partial charge in [0.2, 0.25) is 5.78 Å². The number of ketones is 1. The summed E-state index contributed by atoms with van der Waals surface area (Å²) >= 11 is 0. The molecule has 0 bridgehead atoms. The summed E-state index contributed by atoms with van der Waals surface area (Å²) in [4.78, 5) is 17.2. The minimum Gasteiger partial charge on any atom is -0.460 e. The van der Waals surface area contributed by atoms with E-state index in [1.165, 1.54) is 6.26 Å². The van der Waals surface area contributed by atoms with Crippen molar-refractivity contribution in [2.75, 3.05) is 0 Å². The van der Waals surface area contributed by atoms with Crippen LogP contribution in [0.2, 0.25) is 0 Å². The SMILES string of the molecule is Cc1cccc2c1[C@@](C)(OO)c1c(C)coc1C2=O. The van der Waals surface area contributed by atoms with Crippen molar-refractivity contribution in [3.05, 3.63) is 58.0 Å². The largest absolute Gasteiger partial charge is 0.460 e. The summed E-state index contributed by atoms with van der Waals surface area (Å²) in [5, 5.41) is 9.44. The molecule has 1 heterocycles. The number of furan rings is 1. The van der Waals surface area contributed by atoms with E-state index in [0.717, 1.165) is 11.1 Å². The second-order valence-corrected chi connectivity index (χ2v) is 5.07. The van der Waals surface area contributed by atoms with Crippen LogP contribution in [0.1, 0.15) is 45.3 Å². The lowest BCUT2D eigenvalue weighted by Gasteiger charge is -2.33. The Balaban J connectivity index is 2.43. The third-order valence-electron chi connectivity index (χ3n) is 3.84. The van der Waals surface area contributed by atoms with E-state index in [2.05, 4.69) is 0 Å². The van der Waals surface area contributed by atoms with Gasteiger partial charge in [-0.3, -0.25) is 10.1 Å². The zero-order valence-corrected chi connectivity index (χ0v) is 11.0. The van der Waals surface area contributed by atoms with E-state index in [-0.39, 0.29) is 11.5 Å². The Morgan fingerprint density at radius 2 is 1.95 bits per heavy atom. The zero-order chi connectivity index (χ0) is 13.8. The van der Waals surface area contributed by atoms with Gasteiger partial charge in [-0.05, 0) is 31.9 Å². The number of carbonyl (C=O) groups excluding carboxylic acids is 1. The lowest BCUT2D eigenvalue weighted by molar-refractivity contribution is -0.310. The topological polar surface area (TPSA) is 59.7 Å². The lowest BCUT2D eigenvalue weighted by atomic mass is 9.75. The highest BCUT2D eigenvalue weighted by Gasteiger charge is 2.46. The number of carbonyl (C=O) groups is 1. The minimum absolute atomic E-state index is 0.170. The fourth-order valence-electron chi connectivity index (χ4n) is 3.03. The molecule has 0 amide bonds. The van der Waals surface area contributed by atoms with Gasteiger partial charge in [0.15, 0.2) is 11.4 Å². The zero-order valence-electron chi connectivity index (χ0n) is 11.0. The van der Waals surface area contributed by atoms with Crippen LogP contribution in [-0.4, -0.2) is 11.0 Å². The Bertz CT molecular complexity index is 683. The molecule has 4 heteroatoms. The van der Waals surface area contributed by atoms with E-state index >= 15 is 0 Å². The van der Waals surface area contributed by atoms with Gasteiger partial charge in [-0.2, -0.15) is 0 Å². The smallest absolute Gasteiger partial charge is 0.229 e. The van der Waals surface area contributed by atoms with E-state index < -0.39 is 5.60 Å². The van der Waals surface area contributed by atoms with Gasteiger partial charge in [0.1, 0.15) is 0 Å². The number of rotatable bonds is 1. The molecular weight excluding hydrogens is 244 g/mol. The fourth-order valence-corrected chi connectivity index (χ4v) is 3.03. The van der Waals surface area contributed by atoms with Crippen molar-refractivity contribution >= 4 is 5.78 Å². The van der Waals surface area contributed by atoms with Crippen molar-refractivity contribution in [2.24, 2.45) is 0 Å². The summed E-state index contributed by atoms with van der Waals surface area (Å²) in [6, 6.07) is 5.43. The van der Waals surface area contributed by atoms with Gasteiger partial charge in [-0.15, -0.1) is 0 Å². The monoisotopic (exact) mass is 258 g/mol. The maximum absolute atomic E-state index is 12.4. The second-order valence-electron chi connectivity index (χ2n) is 5.07. The Morgan fingerprint density at radius 3 is 2.63 bits per heavy atom. The molecular formula is C15H14O4. The summed E-state index contributed by atoms with van der Waals surface area (Å²) in [6.45, 7) is 5.46. The van der Waals surface area contributed by atoms with Gasteiger partial charge in [-0.25, -0.2) is 4.89 Å².